The van der Waals surface area contributed by atoms with Gasteiger partial charge in [-0.25, -0.2) is 27.1 Å². The van der Waals surface area contributed by atoms with Gasteiger partial charge in [0.25, 0.3) is 0 Å². The fraction of sp³-hybridized carbons (Fsp3) is 0.409. The minimum Gasteiger partial charge on any atom is -0.481 e. The van der Waals surface area contributed by atoms with Crippen LogP contribution in [0.5, 0.6) is 0 Å². The summed E-state index contributed by atoms with van der Waals surface area (Å²) in [6, 6.07) is 5.49. The van der Waals surface area contributed by atoms with Crippen molar-refractivity contribution in [2.75, 3.05) is 17.6 Å². The van der Waals surface area contributed by atoms with Crippen LogP contribution in [0.25, 0.3) is 17.3 Å². The number of nitrogens with zero attached hydrogens (tertiary/aromatic N) is 3. The summed E-state index contributed by atoms with van der Waals surface area (Å²) in [4.78, 5) is 19.6. The molecule has 2 aromatic rings. The molecule has 1 aromatic carbocycles. The predicted molar refractivity (Wildman–Crippen MR) is 128 cm³/mol. The van der Waals surface area contributed by atoms with Gasteiger partial charge in [0.15, 0.2) is 0 Å². The molecular formula is C22H28FMgN3O6S+2. The zero-order valence-corrected chi connectivity index (χ0v) is 21.7. The zero-order valence-electron chi connectivity index (χ0n) is 19.5. The molecule has 2 atom stereocenters. The summed E-state index contributed by atoms with van der Waals surface area (Å²) in [6.45, 7) is 3.71. The number of anilines is 1. The molecule has 9 nitrogen and oxygen atoms in total. The first-order valence-corrected chi connectivity index (χ1v) is 12.0. The first kappa shape index (κ1) is 29.9. The van der Waals surface area contributed by atoms with Crippen LogP contribution >= 0.6 is 0 Å². The van der Waals surface area contributed by atoms with Crippen molar-refractivity contribution in [3.05, 3.63) is 47.4 Å². The van der Waals surface area contributed by atoms with Crippen LogP contribution in [-0.4, -0.2) is 88.2 Å². The van der Waals surface area contributed by atoms with Crippen LogP contribution in [0.1, 0.15) is 43.9 Å². The van der Waals surface area contributed by atoms with Gasteiger partial charge in [0.05, 0.1) is 36.3 Å². The van der Waals surface area contributed by atoms with E-state index in [2.05, 4.69) is 9.97 Å². The molecule has 0 aliphatic heterocycles. The standard InChI is InChI=1S/C22H28FN3O6S.Mg/c1-13(2)20-18(10-9-16(27)11-17(28)12-19(29)30)21(14-5-7-15(23)8-6-14)25-22(24-20)26(3)33(4,31)32;/h5-10,13,16-17,27-28H,11-12H2,1-4H3,(H,29,30);/q;+2/b10-9+;/t16-,17-;/m1./s1. The Morgan fingerprint density at radius 2 is 1.76 bits per heavy atom. The monoisotopic (exact) mass is 505 g/mol. The van der Waals surface area contributed by atoms with Crippen molar-refractivity contribution in [3.8, 4) is 11.3 Å². The number of aliphatic carboxylic acids is 1. The molecule has 12 heteroatoms. The van der Waals surface area contributed by atoms with Gasteiger partial charge in [-0.05, 0) is 30.2 Å². The Labute approximate surface area is 214 Å². The smallest absolute Gasteiger partial charge is 0.481 e. The molecule has 0 bridgehead atoms. The number of halogens is 1. The Balaban J connectivity index is 0.00000578. The first-order chi connectivity index (χ1) is 15.3. The minimum atomic E-state index is -3.65. The average molecular weight is 506 g/mol. The number of benzene rings is 1. The van der Waals surface area contributed by atoms with Crippen molar-refractivity contribution in [1.82, 2.24) is 9.97 Å². The maximum Gasteiger partial charge on any atom is 2.00 e. The molecule has 1 aromatic heterocycles. The van der Waals surface area contributed by atoms with E-state index in [4.69, 9.17) is 5.11 Å². The molecular weight excluding hydrogens is 478 g/mol. The third-order valence-corrected chi connectivity index (χ3v) is 5.97. The third-order valence-electron chi connectivity index (χ3n) is 4.82. The summed E-state index contributed by atoms with van der Waals surface area (Å²) in [7, 11) is -2.33. The topological polar surface area (TPSA) is 141 Å². The summed E-state index contributed by atoms with van der Waals surface area (Å²) in [5.41, 5.74) is 1.80. The van der Waals surface area contributed by atoms with Crippen molar-refractivity contribution in [2.45, 2.75) is 44.8 Å². The number of carboxylic acid groups (broad SMARTS) is 1. The second-order valence-electron chi connectivity index (χ2n) is 7.98. The zero-order chi connectivity index (χ0) is 24.9. The van der Waals surface area contributed by atoms with Crippen LogP contribution in [0, 0.1) is 5.82 Å². The molecule has 0 aliphatic carbocycles. The summed E-state index contributed by atoms with van der Waals surface area (Å²) < 4.78 is 38.6. The SMILES string of the molecule is CC(C)c1nc(N(C)S(C)(=O)=O)nc(-c2ccc(F)cc2)c1/C=C/[C@@H](O)C[C@@H](O)CC(=O)O.[Mg+2]. The van der Waals surface area contributed by atoms with Gasteiger partial charge in [-0.1, -0.05) is 26.0 Å². The van der Waals surface area contributed by atoms with E-state index in [1.807, 2.05) is 13.8 Å². The van der Waals surface area contributed by atoms with Crippen molar-refractivity contribution in [1.29, 1.82) is 0 Å². The van der Waals surface area contributed by atoms with Gasteiger partial charge < -0.3 is 15.3 Å². The van der Waals surface area contributed by atoms with Crippen LogP contribution in [0.2, 0.25) is 0 Å². The average Bonchev–Trinajstić information content (AvgIpc) is 2.70. The van der Waals surface area contributed by atoms with E-state index in [9.17, 15) is 27.8 Å². The Kier molecular flexibility index (Phi) is 11.0. The Bertz CT molecular complexity index is 1130. The van der Waals surface area contributed by atoms with Crippen LogP contribution in [0.3, 0.4) is 0 Å². The number of sulfonamides is 1. The van der Waals surface area contributed by atoms with Gasteiger partial charge in [-0.15, -0.1) is 0 Å². The molecule has 0 radical (unpaired) electrons. The van der Waals surface area contributed by atoms with Gasteiger partial charge in [0.1, 0.15) is 5.82 Å². The molecule has 3 N–H and O–H groups in total. The van der Waals surface area contributed by atoms with Crippen molar-refractivity contribution in [2.24, 2.45) is 0 Å². The van der Waals surface area contributed by atoms with Crippen molar-refractivity contribution >= 4 is 51.1 Å². The van der Waals surface area contributed by atoms with Gasteiger partial charge in [-0.3, -0.25) is 4.79 Å². The molecule has 180 valence electrons. The fourth-order valence-corrected chi connectivity index (χ4v) is 3.42. The molecule has 0 aliphatic rings. The fourth-order valence-electron chi connectivity index (χ4n) is 3.05. The number of aliphatic hydroxyl groups is 2. The second kappa shape index (κ2) is 12.5. The predicted octanol–water partition coefficient (Wildman–Crippen LogP) is 2.02. The Morgan fingerprint density at radius 1 is 1.18 bits per heavy atom. The number of carbonyl (C=O) groups is 1. The normalized spacial score (nSPS) is 13.5. The summed E-state index contributed by atoms with van der Waals surface area (Å²) in [6.07, 6.45) is 0.860. The van der Waals surface area contributed by atoms with Crippen molar-refractivity contribution < 1.29 is 32.9 Å². The Morgan fingerprint density at radius 3 is 2.26 bits per heavy atom. The molecule has 1 heterocycles. The van der Waals surface area contributed by atoms with E-state index in [0.29, 0.717) is 22.5 Å². The van der Waals surface area contributed by atoms with E-state index in [1.165, 1.54) is 43.5 Å². The van der Waals surface area contributed by atoms with Gasteiger partial charge in [-0.2, -0.15) is 0 Å². The van der Waals surface area contributed by atoms with E-state index in [0.717, 1.165) is 10.6 Å². The summed E-state index contributed by atoms with van der Waals surface area (Å²) in [5, 5.41) is 28.8. The second-order valence-corrected chi connectivity index (χ2v) is 9.99. The van der Waals surface area contributed by atoms with E-state index in [-0.39, 0.29) is 41.3 Å². The maximum absolute atomic E-state index is 13.5. The number of aromatic nitrogens is 2. The van der Waals surface area contributed by atoms with Crippen LogP contribution in [-0.2, 0) is 14.8 Å². The number of carboxylic acids is 1. The molecule has 0 fully saturated rings. The largest absolute Gasteiger partial charge is 2.00 e. The number of hydrogen-bond acceptors (Lipinski definition) is 7. The molecule has 0 amide bonds. The molecule has 0 saturated carbocycles. The molecule has 0 spiro atoms. The number of rotatable bonds is 10. The van der Waals surface area contributed by atoms with Gasteiger partial charge in [0.2, 0.25) is 16.0 Å². The molecule has 34 heavy (non-hydrogen) atoms. The summed E-state index contributed by atoms with van der Waals surface area (Å²) >= 11 is 0. The van der Waals surface area contributed by atoms with E-state index in [1.54, 1.807) is 0 Å². The number of hydrogen-bond donors (Lipinski definition) is 3. The van der Waals surface area contributed by atoms with Crippen LogP contribution in [0.15, 0.2) is 30.3 Å². The Hall–Kier alpha value is -2.12. The van der Waals surface area contributed by atoms with Gasteiger partial charge >= 0.3 is 29.0 Å². The summed E-state index contributed by atoms with van der Waals surface area (Å²) in [5.74, 6) is -1.87. The van der Waals surface area contributed by atoms with Gasteiger partial charge in [0, 0.05) is 24.6 Å². The third kappa shape index (κ3) is 8.27. The van der Waals surface area contributed by atoms with E-state index < -0.39 is 40.4 Å². The molecule has 0 unspecified atom stereocenters. The molecule has 0 saturated heterocycles. The van der Waals surface area contributed by atoms with Crippen molar-refractivity contribution in [3.63, 3.8) is 0 Å². The maximum atomic E-state index is 13.5. The van der Waals surface area contributed by atoms with Crippen LogP contribution < -0.4 is 4.31 Å². The van der Waals surface area contributed by atoms with Crippen LogP contribution in [0.4, 0.5) is 10.3 Å². The number of aliphatic hydroxyl groups excluding tert-OH is 2. The first-order valence-electron chi connectivity index (χ1n) is 10.2. The minimum absolute atomic E-state index is 0. The quantitative estimate of drug-likeness (QED) is 0.416. The van der Waals surface area contributed by atoms with E-state index >= 15 is 0 Å². The molecule has 2 rings (SSSR count).